The number of carbonyl (C=O) groups excluding carboxylic acids is 1. The number of nitrogens with zero attached hydrogens (tertiary/aromatic N) is 2. The summed E-state index contributed by atoms with van der Waals surface area (Å²) in [6.45, 7) is 2.92. The van der Waals surface area contributed by atoms with E-state index in [1.165, 1.54) is 10.8 Å². The van der Waals surface area contributed by atoms with E-state index in [1.807, 2.05) is 25.1 Å². The monoisotopic (exact) mass is 369 g/mol. The van der Waals surface area contributed by atoms with Gasteiger partial charge in [0.1, 0.15) is 10.8 Å². The van der Waals surface area contributed by atoms with Crippen LogP contribution in [0.15, 0.2) is 42.5 Å². The lowest BCUT2D eigenvalue weighted by atomic mass is 10.2. The van der Waals surface area contributed by atoms with E-state index in [0.29, 0.717) is 0 Å². The van der Waals surface area contributed by atoms with Crippen molar-refractivity contribution in [3.63, 3.8) is 0 Å². The smallest absolute Gasteiger partial charge is 0.238 e. The lowest BCUT2D eigenvalue weighted by molar-refractivity contribution is -0.117. The number of anilines is 1. The van der Waals surface area contributed by atoms with Gasteiger partial charge in [-0.3, -0.25) is 9.69 Å². The molecular weight excluding hydrogens is 349 g/mol. The summed E-state index contributed by atoms with van der Waals surface area (Å²) in [5, 5.41) is 3.74. The molecule has 0 aliphatic carbocycles. The maximum atomic E-state index is 13.9. The number of benzene rings is 2. The van der Waals surface area contributed by atoms with Crippen molar-refractivity contribution in [1.29, 1.82) is 0 Å². The van der Waals surface area contributed by atoms with Crippen LogP contribution >= 0.6 is 11.3 Å². The van der Waals surface area contributed by atoms with Gasteiger partial charge in [-0.25, -0.2) is 9.37 Å². The molecule has 1 aliphatic heterocycles. The largest absolute Gasteiger partial charge is 0.322 e. The molecule has 3 aromatic rings. The molecule has 1 N–H and O–H groups in total. The highest BCUT2D eigenvalue weighted by Gasteiger charge is 2.30. The Labute approximate surface area is 155 Å². The minimum absolute atomic E-state index is 0.154. The van der Waals surface area contributed by atoms with E-state index in [9.17, 15) is 9.18 Å². The molecule has 1 saturated heterocycles. The minimum Gasteiger partial charge on any atom is -0.322 e. The molecule has 1 aromatic heterocycles. The molecule has 6 heteroatoms. The van der Waals surface area contributed by atoms with Crippen molar-refractivity contribution in [3.05, 3.63) is 58.9 Å². The van der Waals surface area contributed by atoms with Gasteiger partial charge in [0.15, 0.2) is 0 Å². The lowest BCUT2D eigenvalue weighted by Gasteiger charge is -2.22. The number of likely N-dealkylation sites (tertiary alicyclic amines) is 1. The van der Waals surface area contributed by atoms with Gasteiger partial charge < -0.3 is 5.32 Å². The standard InChI is InChI=1S/C20H20FN3OS/c1-13-8-9-15(14(21)11-13)22-19(25)12-24-10-4-6-17(24)20-23-16-5-2-3-7-18(16)26-20/h2-3,5,7-9,11,17H,4,6,10,12H2,1H3,(H,22,25)/t17-/m0/s1. The van der Waals surface area contributed by atoms with Crippen LogP contribution in [0.5, 0.6) is 0 Å². The minimum atomic E-state index is -0.400. The van der Waals surface area contributed by atoms with E-state index in [2.05, 4.69) is 16.3 Å². The fraction of sp³-hybridized carbons (Fsp3) is 0.300. The van der Waals surface area contributed by atoms with E-state index in [-0.39, 0.29) is 24.2 Å². The van der Waals surface area contributed by atoms with Crippen LogP contribution in [-0.2, 0) is 4.79 Å². The molecule has 0 radical (unpaired) electrons. The Kier molecular flexibility index (Phi) is 4.70. The molecular formula is C20H20FN3OS. The predicted molar refractivity (Wildman–Crippen MR) is 103 cm³/mol. The molecule has 0 bridgehead atoms. The summed E-state index contributed by atoms with van der Waals surface area (Å²) in [7, 11) is 0. The third-order valence-corrected chi connectivity index (χ3v) is 5.84. The van der Waals surface area contributed by atoms with Gasteiger partial charge in [0, 0.05) is 0 Å². The molecule has 4 nitrogen and oxygen atoms in total. The summed E-state index contributed by atoms with van der Waals surface area (Å²) in [4.78, 5) is 19.3. The van der Waals surface area contributed by atoms with Crippen molar-refractivity contribution in [1.82, 2.24) is 9.88 Å². The van der Waals surface area contributed by atoms with Gasteiger partial charge in [0.05, 0.1) is 28.5 Å². The number of fused-ring (bicyclic) bond motifs is 1. The molecule has 4 rings (SSSR count). The molecule has 1 fully saturated rings. The molecule has 134 valence electrons. The number of halogens is 1. The van der Waals surface area contributed by atoms with E-state index in [4.69, 9.17) is 4.98 Å². The second kappa shape index (κ2) is 7.13. The van der Waals surface area contributed by atoms with Gasteiger partial charge in [0.2, 0.25) is 5.91 Å². The van der Waals surface area contributed by atoms with Crippen LogP contribution in [0.3, 0.4) is 0 Å². The first-order valence-corrected chi connectivity index (χ1v) is 9.57. The Morgan fingerprint density at radius 3 is 3.00 bits per heavy atom. The highest BCUT2D eigenvalue weighted by atomic mass is 32.1. The number of hydrogen-bond acceptors (Lipinski definition) is 4. The van der Waals surface area contributed by atoms with E-state index >= 15 is 0 Å². The number of nitrogens with one attached hydrogen (secondary N) is 1. The summed E-state index contributed by atoms with van der Waals surface area (Å²) in [6.07, 6.45) is 2.03. The number of aromatic nitrogens is 1. The maximum Gasteiger partial charge on any atom is 0.238 e. The van der Waals surface area contributed by atoms with Crippen LogP contribution in [0.1, 0.15) is 29.5 Å². The van der Waals surface area contributed by atoms with Gasteiger partial charge in [-0.05, 0) is 56.1 Å². The first-order chi connectivity index (χ1) is 12.6. The van der Waals surface area contributed by atoms with Crippen LogP contribution in [0, 0.1) is 12.7 Å². The van der Waals surface area contributed by atoms with Gasteiger partial charge in [-0.2, -0.15) is 0 Å². The molecule has 1 amide bonds. The molecule has 1 aliphatic rings. The fourth-order valence-corrected chi connectivity index (χ4v) is 4.56. The summed E-state index contributed by atoms with van der Waals surface area (Å²) >= 11 is 1.69. The Morgan fingerprint density at radius 2 is 2.19 bits per heavy atom. The van der Waals surface area contributed by atoms with E-state index in [1.54, 1.807) is 23.5 Å². The van der Waals surface area contributed by atoms with Crippen molar-refractivity contribution >= 4 is 33.1 Å². The van der Waals surface area contributed by atoms with Gasteiger partial charge >= 0.3 is 0 Å². The number of hydrogen-bond donors (Lipinski definition) is 1. The SMILES string of the molecule is Cc1ccc(NC(=O)CN2CCC[C@H]2c2nc3ccccc3s2)c(F)c1. The average Bonchev–Trinajstić information content (AvgIpc) is 3.23. The normalized spacial score (nSPS) is 17.7. The summed E-state index contributed by atoms with van der Waals surface area (Å²) in [6, 6.07) is 13.1. The average molecular weight is 369 g/mol. The highest BCUT2D eigenvalue weighted by molar-refractivity contribution is 7.18. The summed E-state index contributed by atoms with van der Waals surface area (Å²) in [5.74, 6) is -0.594. The predicted octanol–water partition coefficient (Wildman–Crippen LogP) is 4.52. The molecule has 2 aromatic carbocycles. The number of para-hydroxylation sites is 1. The Hall–Kier alpha value is -2.31. The number of aryl methyl sites for hydroxylation is 1. The van der Waals surface area contributed by atoms with Crippen LogP contribution in [0.4, 0.5) is 10.1 Å². The van der Waals surface area contributed by atoms with E-state index < -0.39 is 5.82 Å². The van der Waals surface area contributed by atoms with Crippen LogP contribution in [-0.4, -0.2) is 28.9 Å². The number of thiazole rings is 1. The number of rotatable bonds is 4. The van der Waals surface area contributed by atoms with Crippen molar-refractivity contribution in [2.24, 2.45) is 0 Å². The third kappa shape index (κ3) is 3.48. The second-order valence-corrected chi connectivity index (χ2v) is 7.74. The summed E-state index contributed by atoms with van der Waals surface area (Å²) in [5.41, 5.74) is 2.07. The number of carbonyl (C=O) groups is 1. The molecule has 0 saturated carbocycles. The van der Waals surface area contributed by atoms with Crippen LogP contribution in [0.2, 0.25) is 0 Å². The van der Waals surface area contributed by atoms with Crippen molar-refractivity contribution in [2.45, 2.75) is 25.8 Å². The molecule has 0 unspecified atom stereocenters. The van der Waals surface area contributed by atoms with Crippen molar-refractivity contribution in [2.75, 3.05) is 18.4 Å². The first kappa shape index (κ1) is 17.1. The van der Waals surface area contributed by atoms with E-state index in [0.717, 1.165) is 35.5 Å². The zero-order chi connectivity index (χ0) is 18.1. The number of amides is 1. The molecule has 26 heavy (non-hydrogen) atoms. The first-order valence-electron chi connectivity index (χ1n) is 8.76. The summed E-state index contributed by atoms with van der Waals surface area (Å²) < 4.78 is 15.1. The molecule has 0 spiro atoms. The Bertz CT molecular complexity index is 922. The lowest BCUT2D eigenvalue weighted by Crippen LogP contribution is -2.33. The highest BCUT2D eigenvalue weighted by Crippen LogP contribution is 2.36. The van der Waals surface area contributed by atoms with Crippen LogP contribution < -0.4 is 5.32 Å². The Balaban J connectivity index is 1.47. The van der Waals surface area contributed by atoms with Crippen LogP contribution in [0.25, 0.3) is 10.2 Å². The van der Waals surface area contributed by atoms with Crippen molar-refractivity contribution < 1.29 is 9.18 Å². The topological polar surface area (TPSA) is 45.2 Å². The van der Waals surface area contributed by atoms with Gasteiger partial charge in [-0.15, -0.1) is 11.3 Å². The molecule has 2 heterocycles. The zero-order valence-corrected chi connectivity index (χ0v) is 15.4. The zero-order valence-electron chi connectivity index (χ0n) is 14.5. The third-order valence-electron chi connectivity index (χ3n) is 4.70. The van der Waals surface area contributed by atoms with Gasteiger partial charge in [-0.1, -0.05) is 18.2 Å². The van der Waals surface area contributed by atoms with Crippen molar-refractivity contribution in [3.8, 4) is 0 Å². The second-order valence-electron chi connectivity index (χ2n) is 6.68. The fourth-order valence-electron chi connectivity index (χ4n) is 3.42. The molecule has 1 atom stereocenters. The Morgan fingerprint density at radius 1 is 1.35 bits per heavy atom. The quantitative estimate of drug-likeness (QED) is 0.735. The van der Waals surface area contributed by atoms with Gasteiger partial charge in [0.25, 0.3) is 0 Å². The maximum absolute atomic E-state index is 13.9.